The van der Waals surface area contributed by atoms with Crippen LogP contribution in [0.25, 0.3) is 6.08 Å². The molecule has 0 aliphatic carbocycles. The van der Waals surface area contributed by atoms with Gasteiger partial charge in [-0.1, -0.05) is 59.9 Å². The Kier molecular flexibility index (Phi) is 7.47. The summed E-state index contributed by atoms with van der Waals surface area (Å²) in [6, 6.07) is 22.3. The van der Waals surface area contributed by atoms with E-state index < -0.39 is 6.04 Å². The van der Waals surface area contributed by atoms with Gasteiger partial charge in [0.15, 0.2) is 22.1 Å². The average molecular weight is 541 g/mol. The minimum absolute atomic E-state index is 0.123. The fourth-order valence-electron chi connectivity index (χ4n) is 4.65. The van der Waals surface area contributed by atoms with E-state index in [0.29, 0.717) is 44.5 Å². The van der Waals surface area contributed by atoms with Crippen LogP contribution in [0.5, 0.6) is 17.2 Å². The van der Waals surface area contributed by atoms with Gasteiger partial charge < -0.3 is 14.2 Å². The number of carbonyl (C=O) groups is 1. The summed E-state index contributed by atoms with van der Waals surface area (Å²) in [5.41, 5.74) is 3.54. The Bertz CT molecular complexity index is 1730. The first-order chi connectivity index (χ1) is 18.9. The molecular formula is C31H28N2O5S. The molecule has 0 N–H and O–H groups in total. The molecule has 0 amide bonds. The Balaban J connectivity index is 1.54. The molecule has 39 heavy (non-hydrogen) atoms. The lowest BCUT2D eigenvalue weighted by molar-refractivity contribution is -0.114. The predicted octanol–water partition coefficient (Wildman–Crippen LogP) is 4.42. The number of hydrogen-bond donors (Lipinski definition) is 0. The number of benzene rings is 3. The molecule has 0 fully saturated rings. The maximum atomic E-state index is 13.7. The lowest BCUT2D eigenvalue weighted by Gasteiger charge is -2.24. The minimum atomic E-state index is -0.574. The third-order valence-electron chi connectivity index (χ3n) is 6.56. The zero-order valence-electron chi connectivity index (χ0n) is 22.1. The van der Waals surface area contributed by atoms with Crippen molar-refractivity contribution in [2.45, 2.75) is 26.5 Å². The Morgan fingerprint density at radius 3 is 2.41 bits per heavy atom. The molecule has 1 aromatic heterocycles. The second-order valence-corrected chi connectivity index (χ2v) is 10.1. The van der Waals surface area contributed by atoms with Crippen molar-refractivity contribution in [2.24, 2.45) is 4.99 Å². The molecule has 1 aliphatic rings. The normalized spacial score (nSPS) is 15.0. The van der Waals surface area contributed by atoms with E-state index >= 15 is 0 Å². The van der Waals surface area contributed by atoms with Crippen LogP contribution in [0.3, 0.4) is 0 Å². The topological polar surface area (TPSA) is 79.1 Å². The van der Waals surface area contributed by atoms with E-state index in [1.807, 2.05) is 85.8 Å². The highest BCUT2D eigenvalue weighted by atomic mass is 32.1. The second-order valence-electron chi connectivity index (χ2n) is 9.10. The summed E-state index contributed by atoms with van der Waals surface area (Å²) in [7, 11) is 3.18. The molecule has 198 valence electrons. The Morgan fingerprint density at radius 1 is 1.00 bits per heavy atom. The summed E-state index contributed by atoms with van der Waals surface area (Å²) < 4.78 is 19.0. The van der Waals surface area contributed by atoms with Gasteiger partial charge in [-0.15, -0.1) is 0 Å². The molecule has 4 aromatic rings. The molecule has 0 bridgehead atoms. The summed E-state index contributed by atoms with van der Waals surface area (Å²) >= 11 is 1.29. The van der Waals surface area contributed by atoms with Crippen molar-refractivity contribution in [2.75, 3.05) is 14.2 Å². The molecular weight excluding hydrogens is 512 g/mol. The van der Waals surface area contributed by atoms with E-state index in [-0.39, 0.29) is 11.3 Å². The quantitative estimate of drug-likeness (QED) is 0.331. The van der Waals surface area contributed by atoms with Crippen molar-refractivity contribution in [1.82, 2.24) is 4.57 Å². The zero-order chi connectivity index (χ0) is 27.5. The zero-order valence-corrected chi connectivity index (χ0v) is 23.0. The van der Waals surface area contributed by atoms with Gasteiger partial charge >= 0.3 is 0 Å². The minimum Gasteiger partial charge on any atom is -0.497 e. The predicted molar refractivity (Wildman–Crippen MR) is 151 cm³/mol. The summed E-state index contributed by atoms with van der Waals surface area (Å²) in [6.45, 7) is 3.73. The smallest absolute Gasteiger partial charge is 0.271 e. The Morgan fingerprint density at radius 2 is 1.74 bits per heavy atom. The molecule has 0 saturated heterocycles. The monoisotopic (exact) mass is 540 g/mol. The van der Waals surface area contributed by atoms with Crippen molar-refractivity contribution in [3.05, 3.63) is 120 Å². The Labute approximate surface area is 229 Å². The largest absolute Gasteiger partial charge is 0.497 e. The molecule has 8 heteroatoms. The number of allylic oxidation sites excluding steroid dienone is 2. The van der Waals surface area contributed by atoms with Crippen LogP contribution in [-0.4, -0.2) is 24.6 Å². The number of aromatic nitrogens is 1. The number of nitrogens with zero attached hydrogens (tertiary/aromatic N) is 2. The molecule has 0 saturated carbocycles. The summed E-state index contributed by atoms with van der Waals surface area (Å²) in [5, 5.41) is 0. The maximum Gasteiger partial charge on any atom is 0.271 e. The van der Waals surface area contributed by atoms with Crippen LogP contribution < -0.4 is 29.1 Å². The molecule has 0 spiro atoms. The van der Waals surface area contributed by atoms with Crippen LogP contribution in [0.2, 0.25) is 0 Å². The van der Waals surface area contributed by atoms with E-state index in [9.17, 15) is 9.59 Å². The second kappa shape index (κ2) is 11.1. The number of carbonyl (C=O) groups excluding carboxylic acids is 1. The molecule has 0 radical (unpaired) electrons. The first-order valence-electron chi connectivity index (χ1n) is 12.4. The number of methoxy groups -OCH3 is 2. The van der Waals surface area contributed by atoms with Crippen molar-refractivity contribution < 1.29 is 19.0 Å². The molecule has 0 unspecified atom stereocenters. The maximum absolute atomic E-state index is 13.7. The lowest BCUT2D eigenvalue weighted by atomic mass is 9.93. The summed E-state index contributed by atoms with van der Waals surface area (Å²) in [5.74, 6) is 1.75. The fraction of sp³-hybridized carbons (Fsp3) is 0.194. The van der Waals surface area contributed by atoms with Crippen molar-refractivity contribution in [3.8, 4) is 17.2 Å². The van der Waals surface area contributed by atoms with Gasteiger partial charge in [0, 0.05) is 11.3 Å². The van der Waals surface area contributed by atoms with Crippen LogP contribution in [-0.2, 0) is 11.4 Å². The number of Topliss-reactive ketones (excluding diaryl/α,β-unsaturated/α-hetero) is 1. The van der Waals surface area contributed by atoms with Crippen molar-refractivity contribution in [1.29, 1.82) is 0 Å². The van der Waals surface area contributed by atoms with E-state index in [4.69, 9.17) is 14.2 Å². The van der Waals surface area contributed by atoms with Gasteiger partial charge in [0.2, 0.25) is 0 Å². The third-order valence-corrected chi connectivity index (χ3v) is 7.54. The molecule has 2 heterocycles. The molecule has 7 nitrogen and oxygen atoms in total. The average Bonchev–Trinajstić information content (AvgIpc) is 3.25. The van der Waals surface area contributed by atoms with Gasteiger partial charge in [-0.3, -0.25) is 14.2 Å². The van der Waals surface area contributed by atoms with E-state index in [0.717, 1.165) is 16.7 Å². The number of fused-ring (bicyclic) bond motifs is 1. The number of ether oxygens (including phenoxy) is 3. The number of thiazole rings is 1. The van der Waals surface area contributed by atoms with E-state index in [2.05, 4.69) is 4.99 Å². The van der Waals surface area contributed by atoms with Crippen LogP contribution in [0.15, 0.2) is 93.9 Å². The van der Waals surface area contributed by atoms with Gasteiger partial charge in [-0.2, -0.15) is 0 Å². The number of ketones is 1. The number of rotatable bonds is 8. The van der Waals surface area contributed by atoms with Gasteiger partial charge in [0.05, 0.1) is 24.8 Å². The fourth-order valence-corrected chi connectivity index (χ4v) is 5.70. The number of hydrogen-bond acceptors (Lipinski definition) is 7. The lowest BCUT2D eigenvalue weighted by Crippen LogP contribution is -2.39. The van der Waals surface area contributed by atoms with Crippen molar-refractivity contribution >= 4 is 23.2 Å². The van der Waals surface area contributed by atoms with Gasteiger partial charge in [-0.25, -0.2) is 4.99 Å². The van der Waals surface area contributed by atoms with Crippen LogP contribution in [0.4, 0.5) is 0 Å². The standard InChI is InChI=1S/C31H28N2O5S/c1-19-28(20(2)34)29(23-11-13-24(36-3)14-12-23)33-30(35)27(39-31(33)32-19)17-22-10-15-25(26(16-22)37-4)38-18-21-8-6-5-7-9-21/h5-17,29H,18H2,1-4H3/b27-17+/t29-/m1/s1. The summed E-state index contributed by atoms with van der Waals surface area (Å²) in [4.78, 5) is 31.6. The first kappa shape index (κ1) is 26.2. The third kappa shape index (κ3) is 5.28. The first-order valence-corrected chi connectivity index (χ1v) is 13.2. The highest BCUT2D eigenvalue weighted by Crippen LogP contribution is 2.32. The molecule has 1 atom stereocenters. The molecule has 5 rings (SSSR count). The van der Waals surface area contributed by atoms with E-state index in [1.165, 1.54) is 18.3 Å². The van der Waals surface area contributed by atoms with Gasteiger partial charge in [-0.05, 0) is 60.9 Å². The summed E-state index contributed by atoms with van der Waals surface area (Å²) in [6.07, 6.45) is 1.81. The SMILES string of the molecule is COc1ccc([C@@H]2C(C(C)=O)=C(C)N=c3s/c(=C/c4ccc(OCc5ccccc5)c(OC)c4)c(=O)n32)cc1. The highest BCUT2D eigenvalue weighted by Gasteiger charge is 2.30. The highest BCUT2D eigenvalue weighted by molar-refractivity contribution is 7.07. The van der Waals surface area contributed by atoms with E-state index in [1.54, 1.807) is 18.8 Å². The Hall–Kier alpha value is -4.43. The van der Waals surface area contributed by atoms with Crippen molar-refractivity contribution in [3.63, 3.8) is 0 Å². The van der Waals surface area contributed by atoms with Crippen LogP contribution in [0, 0.1) is 0 Å². The van der Waals surface area contributed by atoms with Crippen LogP contribution >= 0.6 is 11.3 Å². The van der Waals surface area contributed by atoms with Gasteiger partial charge in [0.25, 0.3) is 5.56 Å². The molecule has 1 aliphatic heterocycles. The van der Waals surface area contributed by atoms with Crippen LogP contribution in [0.1, 0.15) is 36.6 Å². The van der Waals surface area contributed by atoms with Gasteiger partial charge in [0.1, 0.15) is 12.4 Å². The molecule has 3 aromatic carbocycles.